The monoisotopic (exact) mass is 232 g/mol. The van der Waals surface area contributed by atoms with Gasteiger partial charge in [0.05, 0.1) is 6.10 Å². The van der Waals surface area contributed by atoms with Gasteiger partial charge in [-0.15, -0.1) is 0 Å². The molecule has 0 saturated carbocycles. The van der Waals surface area contributed by atoms with E-state index in [1.807, 2.05) is 0 Å². The van der Waals surface area contributed by atoms with Crippen LogP contribution in [-0.2, 0) is 4.79 Å². The number of ketones is 1. The maximum atomic E-state index is 10.7. The lowest BCUT2D eigenvalue weighted by atomic mass is 10.1. The van der Waals surface area contributed by atoms with Gasteiger partial charge in [-0.1, -0.05) is 24.7 Å². The zero-order valence-corrected chi connectivity index (χ0v) is 10.6. The van der Waals surface area contributed by atoms with Gasteiger partial charge in [-0.3, -0.25) is 0 Å². The Kier molecular flexibility index (Phi) is 10.0. The number of Topliss-reactive ketones (excluding diaryl/α,β-unsaturated/α-hetero) is 1. The predicted molar refractivity (Wildman–Crippen MR) is 70.1 cm³/mol. The predicted octanol–water partition coefficient (Wildman–Crippen LogP) is 2.47. The highest BCUT2D eigenvalue weighted by atomic mass is 16.3. The number of hydrogen-bond donors (Lipinski definition) is 1. The van der Waals surface area contributed by atoms with Crippen LogP contribution in [0.4, 0.5) is 0 Å². The third kappa shape index (κ3) is 12.4. The smallest absolute Gasteiger partial charge is 0.129 e. The summed E-state index contributed by atoms with van der Waals surface area (Å²) in [4.78, 5) is 10.7. The number of hydrogen-bond acceptors (Lipinski definition) is 2. The van der Waals surface area contributed by atoms with Crippen molar-refractivity contribution in [2.45, 2.75) is 52.1 Å². The molecule has 2 heteroatoms. The molecule has 0 aliphatic heterocycles. The van der Waals surface area contributed by atoms with Gasteiger partial charge >= 0.3 is 0 Å². The maximum absolute atomic E-state index is 10.7. The van der Waals surface area contributed by atoms with Crippen LogP contribution < -0.4 is 0 Å². The van der Waals surface area contributed by atoms with Crippen molar-refractivity contribution in [1.29, 1.82) is 0 Å². The first-order valence-electron chi connectivity index (χ1n) is 5.93. The van der Waals surface area contributed by atoms with Crippen LogP contribution in [0.3, 0.4) is 0 Å². The fraction of sp³-hybridized carbons (Fsp3) is 0.533. The van der Waals surface area contributed by atoms with Crippen LogP contribution in [-0.4, -0.2) is 17.0 Å². The number of carbonyl (C=O) groups is 1. The molecule has 0 aliphatic carbocycles. The lowest BCUT2D eigenvalue weighted by molar-refractivity contribution is -0.117. The van der Waals surface area contributed by atoms with E-state index in [2.05, 4.69) is 23.7 Å². The summed E-state index contributed by atoms with van der Waals surface area (Å²) in [6.45, 7) is 3.34. The number of aliphatic hydroxyl groups is 1. The Morgan fingerprint density at radius 2 is 2.06 bits per heavy atom. The van der Waals surface area contributed by atoms with Gasteiger partial charge in [0.15, 0.2) is 0 Å². The molecule has 0 aromatic rings. The molecule has 0 saturated heterocycles. The van der Waals surface area contributed by atoms with Crippen molar-refractivity contribution in [2.24, 2.45) is 0 Å². The average molecular weight is 232 g/mol. The van der Waals surface area contributed by atoms with E-state index in [0.29, 0.717) is 6.42 Å². The first kappa shape index (κ1) is 15.5. The second-order valence-electron chi connectivity index (χ2n) is 3.87. The fourth-order valence-corrected chi connectivity index (χ4v) is 1.30. The first-order valence-corrected chi connectivity index (χ1v) is 5.93. The molecule has 0 bridgehead atoms. The highest BCUT2D eigenvalue weighted by molar-refractivity contribution is 5.75. The van der Waals surface area contributed by atoms with Crippen molar-refractivity contribution >= 4 is 5.78 Å². The van der Waals surface area contributed by atoms with E-state index < -0.39 is 6.10 Å². The Hall–Kier alpha value is -1.51. The Labute approximate surface area is 104 Å². The molecular weight excluding hydrogens is 212 g/mol. The number of carbonyl (C=O) groups excluding carboxylic acids is 1. The largest absolute Gasteiger partial charge is 0.389 e. The van der Waals surface area contributed by atoms with E-state index in [4.69, 9.17) is 0 Å². The number of aliphatic hydroxyl groups excluding tert-OH is 1. The first-order chi connectivity index (χ1) is 8.16. The quantitative estimate of drug-likeness (QED) is 0.541. The zero-order valence-electron chi connectivity index (χ0n) is 10.6. The Balaban J connectivity index is 3.58. The molecule has 0 radical (unpaired) electrons. The van der Waals surface area contributed by atoms with Crippen LogP contribution >= 0.6 is 0 Å². The van der Waals surface area contributed by atoms with Crippen LogP contribution in [0.2, 0.25) is 0 Å². The van der Waals surface area contributed by atoms with Crippen LogP contribution in [0, 0.1) is 23.7 Å². The number of unbranched alkanes of at least 4 members (excludes halogenated alkanes) is 2. The maximum Gasteiger partial charge on any atom is 0.129 e. The van der Waals surface area contributed by atoms with E-state index in [1.165, 1.54) is 0 Å². The fourth-order valence-electron chi connectivity index (χ4n) is 1.30. The van der Waals surface area contributed by atoms with Crippen LogP contribution in [0.15, 0.2) is 12.2 Å². The van der Waals surface area contributed by atoms with Crippen LogP contribution in [0.1, 0.15) is 46.0 Å². The van der Waals surface area contributed by atoms with E-state index in [-0.39, 0.29) is 5.78 Å². The topological polar surface area (TPSA) is 37.3 Å². The molecule has 1 N–H and O–H groups in total. The number of allylic oxidation sites excluding steroid dienone is 1. The average Bonchev–Trinajstić information content (AvgIpc) is 2.28. The van der Waals surface area contributed by atoms with Gasteiger partial charge in [0.25, 0.3) is 0 Å². The molecule has 1 atom stereocenters. The lowest BCUT2D eigenvalue weighted by Crippen LogP contribution is -2.01. The van der Waals surface area contributed by atoms with Crippen molar-refractivity contribution < 1.29 is 9.90 Å². The summed E-state index contributed by atoms with van der Waals surface area (Å²) in [5.74, 6) is 10.9. The molecule has 0 heterocycles. The normalized spacial score (nSPS) is 11.2. The van der Waals surface area contributed by atoms with Crippen molar-refractivity contribution in [3.05, 3.63) is 12.2 Å². The molecule has 92 valence electrons. The van der Waals surface area contributed by atoms with Crippen LogP contribution in [0.25, 0.3) is 0 Å². The van der Waals surface area contributed by atoms with Gasteiger partial charge in [0.1, 0.15) is 5.78 Å². The standard InChI is InChI=1S/C15H20O2/c1-3-4-5-6-9-12-15(17)13-10-7-8-11-14(2)16/h9,12,15,17H,7-8,10-11,13H2,1-2H3. The minimum Gasteiger partial charge on any atom is -0.389 e. The molecule has 0 aromatic heterocycles. The highest BCUT2D eigenvalue weighted by Crippen LogP contribution is 2.06. The van der Waals surface area contributed by atoms with Crippen molar-refractivity contribution in [1.82, 2.24) is 0 Å². The molecular formula is C15H20O2. The molecule has 0 aliphatic rings. The van der Waals surface area contributed by atoms with Crippen LogP contribution in [0.5, 0.6) is 0 Å². The summed E-state index contributed by atoms with van der Waals surface area (Å²) in [5.41, 5.74) is 0. The Bertz CT molecular complexity index is 358. The van der Waals surface area contributed by atoms with Crippen molar-refractivity contribution in [3.63, 3.8) is 0 Å². The summed E-state index contributed by atoms with van der Waals surface area (Å²) in [6, 6.07) is 0. The Morgan fingerprint density at radius 1 is 1.29 bits per heavy atom. The van der Waals surface area contributed by atoms with Gasteiger partial charge in [-0.25, -0.2) is 0 Å². The Morgan fingerprint density at radius 3 is 2.71 bits per heavy atom. The lowest BCUT2D eigenvalue weighted by Gasteiger charge is -2.03. The molecule has 0 aromatic carbocycles. The molecule has 17 heavy (non-hydrogen) atoms. The van der Waals surface area contributed by atoms with E-state index >= 15 is 0 Å². The zero-order chi connectivity index (χ0) is 12.9. The minimum absolute atomic E-state index is 0.234. The van der Waals surface area contributed by atoms with Gasteiger partial charge in [0.2, 0.25) is 0 Å². The summed E-state index contributed by atoms with van der Waals surface area (Å²) in [6.07, 6.45) is 7.05. The van der Waals surface area contributed by atoms with E-state index in [9.17, 15) is 9.90 Å². The summed E-state index contributed by atoms with van der Waals surface area (Å²) < 4.78 is 0. The molecule has 0 fully saturated rings. The van der Waals surface area contributed by atoms with Gasteiger partial charge in [-0.2, -0.15) is 0 Å². The summed E-state index contributed by atoms with van der Waals surface area (Å²) >= 11 is 0. The minimum atomic E-state index is -0.448. The summed E-state index contributed by atoms with van der Waals surface area (Å²) in [7, 11) is 0. The van der Waals surface area contributed by atoms with E-state index in [0.717, 1.165) is 25.7 Å². The molecule has 0 spiro atoms. The number of rotatable bonds is 7. The van der Waals surface area contributed by atoms with Gasteiger partial charge in [0, 0.05) is 6.42 Å². The van der Waals surface area contributed by atoms with Crippen molar-refractivity contribution in [2.75, 3.05) is 0 Å². The van der Waals surface area contributed by atoms with E-state index in [1.54, 1.807) is 26.0 Å². The van der Waals surface area contributed by atoms with Gasteiger partial charge < -0.3 is 9.90 Å². The van der Waals surface area contributed by atoms with Gasteiger partial charge in [-0.05, 0) is 50.7 Å². The van der Waals surface area contributed by atoms with Crippen molar-refractivity contribution in [3.8, 4) is 23.7 Å². The summed E-state index contributed by atoms with van der Waals surface area (Å²) in [5, 5.41) is 9.56. The molecule has 0 rings (SSSR count). The molecule has 2 nitrogen and oxygen atoms in total. The third-order valence-electron chi connectivity index (χ3n) is 2.19. The SMILES string of the molecule is CC#CC#CC=CC(O)CCCCCC(C)=O. The third-order valence-corrected chi connectivity index (χ3v) is 2.19. The second kappa shape index (κ2) is 11.0. The molecule has 1 unspecified atom stereocenters. The highest BCUT2D eigenvalue weighted by Gasteiger charge is 1.99. The second-order valence-corrected chi connectivity index (χ2v) is 3.87. The molecule has 0 amide bonds.